The van der Waals surface area contributed by atoms with Crippen LogP contribution in [0.3, 0.4) is 0 Å². The van der Waals surface area contributed by atoms with E-state index in [0.717, 1.165) is 20.9 Å². The minimum Gasteiger partial charge on any atom is -0.506 e. The van der Waals surface area contributed by atoms with E-state index in [2.05, 4.69) is 81.7 Å². The van der Waals surface area contributed by atoms with E-state index in [9.17, 15) is 14.7 Å². The van der Waals surface area contributed by atoms with Crippen molar-refractivity contribution in [2.45, 2.75) is 66.2 Å². The van der Waals surface area contributed by atoms with Gasteiger partial charge in [-0.25, -0.2) is 4.79 Å². The van der Waals surface area contributed by atoms with Gasteiger partial charge in [-0.3, -0.25) is 10.2 Å². The summed E-state index contributed by atoms with van der Waals surface area (Å²) in [6.07, 6.45) is 0. The van der Waals surface area contributed by atoms with Gasteiger partial charge in [-0.2, -0.15) is 5.10 Å². The highest BCUT2D eigenvalue weighted by molar-refractivity contribution is 7.80. The van der Waals surface area contributed by atoms with Gasteiger partial charge in [0.2, 0.25) is 0 Å². The second-order valence-electron chi connectivity index (χ2n) is 14.1. The number of esters is 1. The van der Waals surface area contributed by atoms with Crippen molar-refractivity contribution in [1.82, 2.24) is 5.43 Å². The zero-order chi connectivity index (χ0) is 36.4. The van der Waals surface area contributed by atoms with Crippen LogP contribution in [0.4, 0.5) is 5.69 Å². The molecular formula is C40H41N3O4S3. The monoisotopic (exact) mass is 723 g/mol. The number of nitrogens with zero attached hydrogens (tertiary/aromatic N) is 1. The van der Waals surface area contributed by atoms with Crippen molar-refractivity contribution in [3.05, 3.63) is 111 Å². The first kappa shape index (κ1) is 36.6. The second kappa shape index (κ2) is 14.7. The van der Waals surface area contributed by atoms with E-state index in [1.54, 1.807) is 36.6 Å². The van der Waals surface area contributed by atoms with Crippen molar-refractivity contribution >= 4 is 63.2 Å². The van der Waals surface area contributed by atoms with Gasteiger partial charge in [0.1, 0.15) is 5.75 Å². The van der Waals surface area contributed by atoms with Crippen LogP contribution in [0, 0.1) is 0 Å². The highest BCUT2D eigenvalue weighted by Gasteiger charge is 2.23. The predicted molar refractivity (Wildman–Crippen MR) is 212 cm³/mol. The molecule has 0 aliphatic carbocycles. The van der Waals surface area contributed by atoms with E-state index < -0.39 is 5.97 Å². The van der Waals surface area contributed by atoms with E-state index in [1.807, 2.05) is 29.6 Å². The number of carbonyl (C=O) groups excluding carboxylic acids is 2. The van der Waals surface area contributed by atoms with Crippen molar-refractivity contribution in [3.8, 4) is 32.4 Å². The van der Waals surface area contributed by atoms with E-state index >= 15 is 0 Å². The third-order valence-electron chi connectivity index (χ3n) is 8.20. The molecule has 0 saturated carbocycles. The first-order chi connectivity index (χ1) is 23.5. The van der Waals surface area contributed by atoms with Gasteiger partial charge in [0.15, 0.2) is 16.6 Å². The molecule has 0 amide bonds. The Morgan fingerprint density at radius 1 is 0.740 bits per heavy atom. The van der Waals surface area contributed by atoms with E-state index in [0.29, 0.717) is 28.1 Å². The third-order valence-corrected chi connectivity index (χ3v) is 10.4. The fraction of sp³-hybridized carbons (Fsp3) is 0.250. The van der Waals surface area contributed by atoms with Gasteiger partial charge in [-0.05, 0) is 83.4 Å². The number of Topliss-reactive ketones (excluding diaryl/α,β-unsaturated/α-hetero) is 1. The fourth-order valence-corrected chi connectivity index (χ4v) is 7.36. The lowest BCUT2D eigenvalue weighted by Gasteiger charge is -2.19. The number of ether oxygens (including phenoxy) is 1. The summed E-state index contributed by atoms with van der Waals surface area (Å²) in [7, 11) is 0. The molecule has 3 aromatic carbocycles. The molecule has 10 heteroatoms. The number of carbonyl (C=O) groups is 2. The number of thiophene rings is 2. The number of thiocarbonyl (C=S) groups is 1. The van der Waals surface area contributed by atoms with Crippen LogP contribution in [0.1, 0.15) is 92.8 Å². The Bertz CT molecular complexity index is 2060. The molecule has 50 heavy (non-hydrogen) atoms. The normalized spacial score (nSPS) is 12.0. The molecule has 7 nitrogen and oxygen atoms in total. The maximum absolute atomic E-state index is 13.3. The fourth-order valence-electron chi connectivity index (χ4n) is 5.14. The number of hydrogen-bond acceptors (Lipinski definition) is 8. The highest BCUT2D eigenvalue weighted by atomic mass is 32.1. The standard InChI is InChI=1S/C40H41N3O4S3/c1-23(31-21-49-35(33(31)45)25-9-15-28(16-10-25)39(3,4)5)42-43-38(48)41-30-19-13-27(14-20-30)37(46)47-34-32(24(2)44)22-50-36(34)26-11-17-29(18-12-26)40(6,7)8/h9-22,45H,1-8H3,(H2,41,43,48). The Morgan fingerprint density at radius 2 is 1.24 bits per heavy atom. The molecule has 2 heterocycles. The minimum atomic E-state index is -0.578. The first-order valence-electron chi connectivity index (χ1n) is 16.1. The van der Waals surface area contributed by atoms with Gasteiger partial charge >= 0.3 is 5.97 Å². The summed E-state index contributed by atoms with van der Waals surface area (Å²) in [5, 5.41) is 22.2. The summed E-state index contributed by atoms with van der Waals surface area (Å²) in [6.45, 7) is 16.2. The predicted octanol–water partition coefficient (Wildman–Crippen LogP) is 10.6. The maximum atomic E-state index is 13.3. The molecule has 2 aromatic heterocycles. The van der Waals surface area contributed by atoms with Gasteiger partial charge < -0.3 is 15.2 Å². The molecule has 0 radical (unpaired) electrons. The first-order valence-corrected chi connectivity index (χ1v) is 18.3. The van der Waals surface area contributed by atoms with Crippen molar-refractivity contribution in [1.29, 1.82) is 0 Å². The number of nitrogens with one attached hydrogen (secondary N) is 2. The molecule has 258 valence electrons. The Labute approximate surface area is 307 Å². The van der Waals surface area contributed by atoms with Crippen LogP contribution in [0.5, 0.6) is 11.5 Å². The van der Waals surface area contributed by atoms with Crippen LogP contribution >= 0.6 is 34.9 Å². The topological polar surface area (TPSA) is 100 Å². The molecule has 0 atom stereocenters. The summed E-state index contributed by atoms with van der Waals surface area (Å²) in [6, 6.07) is 23.0. The number of ketones is 1. The number of anilines is 1. The molecule has 0 aliphatic heterocycles. The SMILES string of the molecule is CC(=O)c1csc(-c2ccc(C(C)(C)C)cc2)c1OC(=O)c1ccc(NC(=S)NN=C(C)c2csc(-c3ccc(C(C)(C)C)cc3)c2O)cc1. The Hall–Kier alpha value is -4.64. The van der Waals surface area contributed by atoms with Crippen LogP contribution in [0.15, 0.2) is 88.7 Å². The lowest BCUT2D eigenvalue weighted by molar-refractivity contribution is 0.0734. The number of benzene rings is 3. The molecule has 0 bridgehead atoms. The molecule has 0 unspecified atom stereocenters. The van der Waals surface area contributed by atoms with Crippen LogP contribution in [0.25, 0.3) is 20.9 Å². The van der Waals surface area contributed by atoms with Gasteiger partial charge in [0.05, 0.1) is 32.2 Å². The quantitative estimate of drug-likeness (QED) is 0.0482. The van der Waals surface area contributed by atoms with E-state index in [4.69, 9.17) is 17.0 Å². The van der Waals surface area contributed by atoms with Crippen molar-refractivity contribution in [2.24, 2.45) is 5.10 Å². The smallest absolute Gasteiger partial charge is 0.343 e. The molecule has 0 saturated heterocycles. The molecule has 5 aromatic rings. The van der Waals surface area contributed by atoms with Crippen LogP contribution in [0.2, 0.25) is 0 Å². The summed E-state index contributed by atoms with van der Waals surface area (Å²) in [5.41, 5.74) is 9.60. The van der Waals surface area contributed by atoms with Crippen LogP contribution in [-0.4, -0.2) is 27.7 Å². The number of rotatable bonds is 8. The van der Waals surface area contributed by atoms with Gasteiger partial charge in [0, 0.05) is 16.4 Å². The van der Waals surface area contributed by atoms with Gasteiger partial charge in [0.25, 0.3) is 0 Å². The molecule has 0 aliphatic rings. The summed E-state index contributed by atoms with van der Waals surface area (Å²) < 4.78 is 5.86. The number of hydrazone groups is 1. The Morgan fingerprint density at radius 3 is 1.76 bits per heavy atom. The largest absolute Gasteiger partial charge is 0.506 e. The van der Waals surface area contributed by atoms with Crippen LogP contribution in [-0.2, 0) is 10.8 Å². The highest BCUT2D eigenvalue weighted by Crippen LogP contribution is 2.41. The molecule has 5 rings (SSSR count). The zero-order valence-electron chi connectivity index (χ0n) is 29.4. The average molecular weight is 724 g/mol. The molecule has 0 spiro atoms. The van der Waals surface area contributed by atoms with Gasteiger partial charge in [-0.1, -0.05) is 90.1 Å². The molecule has 3 N–H and O–H groups in total. The zero-order valence-corrected chi connectivity index (χ0v) is 31.9. The number of hydrogen-bond donors (Lipinski definition) is 3. The van der Waals surface area contributed by atoms with Crippen molar-refractivity contribution in [3.63, 3.8) is 0 Å². The third kappa shape index (κ3) is 8.38. The molecule has 0 fully saturated rings. The summed E-state index contributed by atoms with van der Waals surface area (Å²) in [5.74, 6) is -0.322. The maximum Gasteiger partial charge on any atom is 0.343 e. The lowest BCUT2D eigenvalue weighted by Crippen LogP contribution is -2.25. The number of aromatic hydroxyl groups is 1. The van der Waals surface area contributed by atoms with Crippen molar-refractivity contribution < 1.29 is 19.4 Å². The van der Waals surface area contributed by atoms with Crippen molar-refractivity contribution in [2.75, 3.05) is 5.32 Å². The van der Waals surface area contributed by atoms with Gasteiger partial charge in [-0.15, -0.1) is 22.7 Å². The Kier molecular flexibility index (Phi) is 10.8. The lowest BCUT2D eigenvalue weighted by atomic mass is 9.86. The van der Waals surface area contributed by atoms with Crippen LogP contribution < -0.4 is 15.5 Å². The van der Waals surface area contributed by atoms with E-state index in [1.165, 1.54) is 40.7 Å². The average Bonchev–Trinajstić information content (AvgIpc) is 3.66. The van der Waals surface area contributed by atoms with E-state index in [-0.39, 0.29) is 33.2 Å². The summed E-state index contributed by atoms with van der Waals surface area (Å²) in [4.78, 5) is 27.2. The minimum absolute atomic E-state index is 0.000486. The summed E-state index contributed by atoms with van der Waals surface area (Å²) >= 11 is 8.26. The second-order valence-corrected chi connectivity index (χ2v) is 16.2. The molecular weight excluding hydrogens is 683 g/mol. The Balaban J connectivity index is 1.22.